The predicted molar refractivity (Wildman–Crippen MR) is 82.5 cm³/mol. The van der Waals surface area contributed by atoms with Crippen LogP contribution in [0.5, 0.6) is 0 Å². The molecule has 0 radical (unpaired) electrons. The summed E-state index contributed by atoms with van der Waals surface area (Å²) in [6.45, 7) is 2.03. The Morgan fingerprint density at radius 3 is 2.40 bits per heavy atom. The van der Waals surface area contributed by atoms with E-state index in [0.29, 0.717) is 18.1 Å². The van der Waals surface area contributed by atoms with Crippen LogP contribution in [0.4, 0.5) is 0 Å². The molecule has 3 rings (SSSR count). The molecule has 20 heavy (non-hydrogen) atoms. The number of aryl methyl sites for hydroxylation is 1. The van der Waals surface area contributed by atoms with Crippen molar-refractivity contribution >= 4 is 18.3 Å². The number of carbonyl (C=O) groups is 1. The number of amides is 1. The summed E-state index contributed by atoms with van der Waals surface area (Å²) in [5.74, 6) is 0.155. The van der Waals surface area contributed by atoms with Crippen LogP contribution in [0.2, 0.25) is 0 Å². The summed E-state index contributed by atoms with van der Waals surface area (Å²) in [6, 6.07) is 5.57. The van der Waals surface area contributed by atoms with Crippen LogP contribution in [0.15, 0.2) is 12.1 Å². The highest BCUT2D eigenvalue weighted by Crippen LogP contribution is 2.29. The molecule has 4 nitrogen and oxygen atoms in total. The molecule has 1 aromatic heterocycles. The van der Waals surface area contributed by atoms with E-state index in [4.69, 9.17) is 0 Å². The van der Waals surface area contributed by atoms with Crippen molar-refractivity contribution in [3.63, 3.8) is 0 Å². The van der Waals surface area contributed by atoms with Gasteiger partial charge in [-0.3, -0.25) is 4.79 Å². The van der Waals surface area contributed by atoms with Gasteiger partial charge in [-0.2, -0.15) is 0 Å². The van der Waals surface area contributed by atoms with E-state index in [9.17, 15) is 4.79 Å². The van der Waals surface area contributed by atoms with Gasteiger partial charge < -0.3 is 14.8 Å². The van der Waals surface area contributed by atoms with Gasteiger partial charge in [0.2, 0.25) is 0 Å². The van der Waals surface area contributed by atoms with E-state index in [1.54, 1.807) is 0 Å². The first kappa shape index (κ1) is 15.4. The van der Waals surface area contributed by atoms with Crippen LogP contribution in [0, 0.1) is 6.92 Å². The van der Waals surface area contributed by atoms with Gasteiger partial charge >= 0.3 is 0 Å². The zero-order valence-corrected chi connectivity index (χ0v) is 13.2. The van der Waals surface area contributed by atoms with Gasteiger partial charge in [-0.1, -0.05) is 0 Å². The number of rotatable bonds is 2. The van der Waals surface area contributed by atoms with Crippen LogP contribution in [0.25, 0.3) is 0 Å². The van der Waals surface area contributed by atoms with Crippen LogP contribution in [0.3, 0.4) is 0 Å². The van der Waals surface area contributed by atoms with E-state index < -0.39 is 0 Å². The number of nitrogens with zero attached hydrogens (tertiary/aromatic N) is 2. The highest BCUT2D eigenvalue weighted by Gasteiger charge is 2.36. The lowest BCUT2D eigenvalue weighted by Gasteiger charge is -2.35. The number of nitrogens with one attached hydrogen (secondary N) is 1. The number of fused-ring (bicyclic) bond motifs is 2. The van der Waals surface area contributed by atoms with Gasteiger partial charge in [-0.05, 0) is 44.7 Å². The number of halogens is 1. The fourth-order valence-corrected chi connectivity index (χ4v) is 3.52. The number of piperidine rings is 1. The summed E-state index contributed by atoms with van der Waals surface area (Å²) < 4.78 is 1.98. The number of aromatic nitrogens is 1. The summed E-state index contributed by atoms with van der Waals surface area (Å²) in [6.07, 6.45) is 4.74. The van der Waals surface area contributed by atoms with E-state index in [1.807, 2.05) is 42.6 Å². The first-order valence-electron chi connectivity index (χ1n) is 7.22. The molecule has 2 saturated heterocycles. The van der Waals surface area contributed by atoms with Crippen LogP contribution >= 0.6 is 12.4 Å². The van der Waals surface area contributed by atoms with E-state index in [1.165, 1.54) is 12.8 Å². The van der Waals surface area contributed by atoms with Gasteiger partial charge in [0.25, 0.3) is 5.91 Å². The van der Waals surface area contributed by atoms with Gasteiger partial charge in [-0.15, -0.1) is 12.4 Å². The molecule has 0 spiro atoms. The number of carbonyl (C=O) groups excluding carboxylic acids is 1. The average Bonchev–Trinajstić information content (AvgIpc) is 2.91. The Hall–Kier alpha value is -1.00. The van der Waals surface area contributed by atoms with Gasteiger partial charge in [0.1, 0.15) is 5.69 Å². The highest BCUT2D eigenvalue weighted by atomic mass is 35.5. The normalized spacial score (nSPS) is 28.1. The van der Waals surface area contributed by atoms with Crippen LogP contribution < -0.4 is 5.32 Å². The summed E-state index contributed by atoms with van der Waals surface area (Å²) in [5, 5.41) is 3.63. The average molecular weight is 298 g/mol. The summed E-state index contributed by atoms with van der Waals surface area (Å²) in [4.78, 5) is 14.6. The summed E-state index contributed by atoms with van der Waals surface area (Å²) in [7, 11) is 3.92. The smallest absolute Gasteiger partial charge is 0.270 e. The minimum Gasteiger partial charge on any atom is -0.344 e. The molecule has 1 N–H and O–H groups in total. The number of hydrogen-bond donors (Lipinski definition) is 1. The van der Waals surface area contributed by atoms with E-state index in [2.05, 4.69) is 5.32 Å². The first-order chi connectivity index (χ1) is 9.06. The molecule has 0 aliphatic carbocycles. The fraction of sp³-hybridized carbons (Fsp3) is 0.667. The zero-order chi connectivity index (χ0) is 13.6. The SMILES string of the molecule is Cc1ccc(C(=O)N(C)C2CC3CCC(C2)N3)n1C.Cl. The third-order valence-electron chi connectivity index (χ3n) is 4.91. The maximum atomic E-state index is 12.6. The third kappa shape index (κ3) is 2.59. The Kier molecular flexibility index (Phi) is 4.45. The maximum Gasteiger partial charge on any atom is 0.270 e. The molecule has 2 aliphatic heterocycles. The fourth-order valence-electron chi connectivity index (χ4n) is 3.52. The highest BCUT2D eigenvalue weighted by molar-refractivity contribution is 5.93. The van der Waals surface area contributed by atoms with Crippen LogP contribution in [-0.2, 0) is 7.05 Å². The van der Waals surface area contributed by atoms with Gasteiger partial charge in [0, 0.05) is 37.9 Å². The Balaban J connectivity index is 0.00000147. The van der Waals surface area contributed by atoms with Crippen LogP contribution in [-0.4, -0.2) is 40.5 Å². The molecule has 1 amide bonds. The molecule has 2 aliphatic rings. The van der Waals surface area contributed by atoms with Crippen molar-refractivity contribution in [3.05, 3.63) is 23.5 Å². The maximum absolute atomic E-state index is 12.6. The monoisotopic (exact) mass is 297 g/mol. The molecule has 2 bridgehead atoms. The van der Waals surface area contributed by atoms with Crippen molar-refractivity contribution in [2.24, 2.45) is 7.05 Å². The molecule has 0 saturated carbocycles. The Bertz CT molecular complexity index is 487. The lowest BCUT2D eigenvalue weighted by molar-refractivity contribution is 0.0672. The van der Waals surface area contributed by atoms with Gasteiger partial charge in [-0.25, -0.2) is 0 Å². The van der Waals surface area contributed by atoms with Crippen molar-refractivity contribution in [1.29, 1.82) is 0 Å². The van der Waals surface area contributed by atoms with Crippen molar-refractivity contribution in [3.8, 4) is 0 Å². The molecule has 3 heterocycles. The van der Waals surface area contributed by atoms with Crippen molar-refractivity contribution in [2.45, 2.75) is 50.7 Å². The van der Waals surface area contributed by atoms with E-state index in [0.717, 1.165) is 24.2 Å². The number of hydrogen-bond acceptors (Lipinski definition) is 2. The molecule has 2 fully saturated rings. The molecule has 2 unspecified atom stereocenters. The van der Waals surface area contributed by atoms with E-state index >= 15 is 0 Å². The van der Waals surface area contributed by atoms with Crippen LogP contribution in [0.1, 0.15) is 41.9 Å². The van der Waals surface area contributed by atoms with Crippen molar-refractivity contribution in [2.75, 3.05) is 7.05 Å². The molecule has 1 aromatic rings. The molecular formula is C15H24ClN3O. The quantitative estimate of drug-likeness (QED) is 0.908. The lowest BCUT2D eigenvalue weighted by atomic mass is 9.98. The second-order valence-electron chi connectivity index (χ2n) is 6.10. The molecule has 2 atom stereocenters. The molecule has 5 heteroatoms. The topological polar surface area (TPSA) is 37.3 Å². The molecule has 112 valence electrons. The van der Waals surface area contributed by atoms with Gasteiger partial charge in [0.05, 0.1) is 0 Å². The van der Waals surface area contributed by atoms with Gasteiger partial charge in [0.15, 0.2) is 0 Å². The standard InChI is InChI=1S/C15H23N3O.ClH/c1-10-4-7-14(17(10)2)15(19)18(3)13-8-11-5-6-12(9-13)16-11;/h4,7,11-13,16H,5-6,8-9H2,1-3H3;1H. The zero-order valence-electron chi connectivity index (χ0n) is 12.4. The van der Waals surface area contributed by atoms with Crippen molar-refractivity contribution in [1.82, 2.24) is 14.8 Å². The Morgan fingerprint density at radius 2 is 1.90 bits per heavy atom. The van der Waals surface area contributed by atoms with E-state index in [-0.39, 0.29) is 18.3 Å². The molecule has 0 aromatic carbocycles. The minimum atomic E-state index is 0. The summed E-state index contributed by atoms with van der Waals surface area (Å²) >= 11 is 0. The largest absolute Gasteiger partial charge is 0.344 e. The molecular weight excluding hydrogens is 274 g/mol. The summed E-state index contributed by atoms with van der Waals surface area (Å²) in [5.41, 5.74) is 1.92. The third-order valence-corrected chi connectivity index (χ3v) is 4.91. The lowest BCUT2D eigenvalue weighted by Crippen LogP contribution is -2.49. The Labute approximate surface area is 126 Å². The predicted octanol–water partition coefficient (Wildman–Crippen LogP) is 2.11. The first-order valence-corrected chi connectivity index (χ1v) is 7.22. The second-order valence-corrected chi connectivity index (χ2v) is 6.10. The minimum absolute atomic E-state index is 0. The Morgan fingerprint density at radius 1 is 1.30 bits per heavy atom. The van der Waals surface area contributed by atoms with Crippen molar-refractivity contribution < 1.29 is 4.79 Å². The second kappa shape index (κ2) is 5.78.